The van der Waals surface area contributed by atoms with Crippen molar-refractivity contribution in [1.82, 2.24) is 9.78 Å². The Morgan fingerprint density at radius 1 is 1.22 bits per heavy atom. The molecule has 1 aromatic carbocycles. The van der Waals surface area contributed by atoms with Gasteiger partial charge in [-0.3, -0.25) is 4.68 Å². The van der Waals surface area contributed by atoms with Crippen molar-refractivity contribution in [3.05, 3.63) is 48.2 Å². The number of hydrogen-bond donors (Lipinski definition) is 1. The summed E-state index contributed by atoms with van der Waals surface area (Å²) in [4.78, 5) is 0. The highest BCUT2D eigenvalue weighted by Crippen LogP contribution is 2.11. The molecule has 2 aromatic rings. The minimum absolute atomic E-state index is 0.467. The summed E-state index contributed by atoms with van der Waals surface area (Å²) >= 11 is 0. The van der Waals surface area contributed by atoms with Crippen molar-refractivity contribution < 1.29 is 0 Å². The largest absolute Gasteiger partial charge is 0.368 e. The van der Waals surface area contributed by atoms with Crippen LogP contribution in [0.2, 0.25) is 0 Å². The van der Waals surface area contributed by atoms with E-state index in [4.69, 9.17) is 0 Å². The monoisotopic (exact) mass is 243 g/mol. The van der Waals surface area contributed by atoms with Gasteiger partial charge in [-0.15, -0.1) is 0 Å². The third-order valence-electron chi connectivity index (χ3n) is 3.21. The van der Waals surface area contributed by atoms with Crippen LogP contribution in [0.25, 0.3) is 0 Å². The van der Waals surface area contributed by atoms with E-state index in [1.165, 1.54) is 5.56 Å². The summed E-state index contributed by atoms with van der Waals surface area (Å²) in [6.07, 6.45) is 4.17. The lowest BCUT2D eigenvalue weighted by Crippen LogP contribution is -2.08. The van der Waals surface area contributed by atoms with E-state index >= 15 is 0 Å². The van der Waals surface area contributed by atoms with Crippen molar-refractivity contribution in [2.45, 2.75) is 32.7 Å². The van der Waals surface area contributed by atoms with Crippen LogP contribution < -0.4 is 5.32 Å². The first-order valence-corrected chi connectivity index (χ1v) is 6.62. The zero-order chi connectivity index (χ0) is 12.8. The van der Waals surface area contributed by atoms with E-state index in [9.17, 15) is 0 Å². The minimum atomic E-state index is 0.467. The van der Waals surface area contributed by atoms with Crippen LogP contribution in [0, 0.1) is 0 Å². The van der Waals surface area contributed by atoms with Crippen molar-refractivity contribution in [2.24, 2.45) is 0 Å². The first-order valence-electron chi connectivity index (χ1n) is 6.62. The molecular formula is C15H21N3. The third kappa shape index (κ3) is 3.36. The molecule has 0 aliphatic heterocycles. The van der Waals surface area contributed by atoms with Crippen LogP contribution >= 0.6 is 0 Å². The van der Waals surface area contributed by atoms with Gasteiger partial charge in [0.05, 0.1) is 0 Å². The van der Waals surface area contributed by atoms with E-state index in [0.717, 1.165) is 25.2 Å². The molecule has 1 aromatic heterocycles. The molecule has 0 aliphatic rings. The highest BCUT2D eigenvalue weighted by Gasteiger charge is 2.03. The number of hydrogen-bond acceptors (Lipinski definition) is 2. The minimum Gasteiger partial charge on any atom is -0.368 e. The first kappa shape index (κ1) is 12.7. The number of anilines is 1. The number of rotatable bonds is 6. The molecule has 0 fully saturated rings. The lowest BCUT2D eigenvalue weighted by Gasteiger charge is -2.08. The second-order valence-electron chi connectivity index (χ2n) is 4.60. The Bertz CT molecular complexity index is 462. The maximum atomic E-state index is 4.52. The van der Waals surface area contributed by atoms with Crippen LogP contribution in [0.5, 0.6) is 0 Å². The van der Waals surface area contributed by atoms with Crippen molar-refractivity contribution in [3.8, 4) is 0 Å². The van der Waals surface area contributed by atoms with E-state index < -0.39 is 0 Å². The Hall–Kier alpha value is -1.77. The smallest absolute Gasteiger partial charge is 0.148 e. The quantitative estimate of drug-likeness (QED) is 0.841. The number of benzene rings is 1. The molecular weight excluding hydrogens is 222 g/mol. The molecule has 0 saturated heterocycles. The molecule has 0 radical (unpaired) electrons. The van der Waals surface area contributed by atoms with Gasteiger partial charge < -0.3 is 5.32 Å². The summed E-state index contributed by atoms with van der Waals surface area (Å²) in [7, 11) is 0. The van der Waals surface area contributed by atoms with Crippen molar-refractivity contribution >= 4 is 5.82 Å². The van der Waals surface area contributed by atoms with Crippen LogP contribution in [0.3, 0.4) is 0 Å². The lowest BCUT2D eigenvalue weighted by molar-refractivity contribution is 0.479. The lowest BCUT2D eigenvalue weighted by atomic mass is 10.1. The molecule has 0 aliphatic carbocycles. The Kier molecular flexibility index (Phi) is 4.40. The second kappa shape index (κ2) is 6.24. The second-order valence-corrected chi connectivity index (χ2v) is 4.60. The molecule has 96 valence electrons. The van der Waals surface area contributed by atoms with Gasteiger partial charge in [0.15, 0.2) is 0 Å². The van der Waals surface area contributed by atoms with E-state index in [-0.39, 0.29) is 0 Å². The molecule has 18 heavy (non-hydrogen) atoms. The zero-order valence-corrected chi connectivity index (χ0v) is 11.1. The third-order valence-corrected chi connectivity index (χ3v) is 3.21. The molecule has 1 heterocycles. The summed E-state index contributed by atoms with van der Waals surface area (Å²) in [5, 5.41) is 7.88. The Morgan fingerprint density at radius 2 is 2.00 bits per heavy atom. The highest BCUT2D eigenvalue weighted by atomic mass is 15.3. The fourth-order valence-electron chi connectivity index (χ4n) is 1.84. The van der Waals surface area contributed by atoms with Gasteiger partial charge in [-0.2, -0.15) is 5.10 Å². The van der Waals surface area contributed by atoms with Gasteiger partial charge in [-0.1, -0.05) is 37.3 Å². The maximum Gasteiger partial charge on any atom is 0.148 e. The molecule has 0 saturated carbocycles. The fourth-order valence-corrected chi connectivity index (χ4v) is 1.84. The van der Waals surface area contributed by atoms with Gasteiger partial charge in [0, 0.05) is 24.8 Å². The molecule has 1 atom stereocenters. The van der Waals surface area contributed by atoms with Crippen LogP contribution in [-0.2, 0) is 6.42 Å². The van der Waals surface area contributed by atoms with Crippen LogP contribution in [-0.4, -0.2) is 16.3 Å². The normalized spacial score (nSPS) is 12.3. The van der Waals surface area contributed by atoms with Crippen LogP contribution in [0.4, 0.5) is 5.82 Å². The van der Waals surface area contributed by atoms with Gasteiger partial charge in [0.1, 0.15) is 5.82 Å². The highest BCUT2D eigenvalue weighted by molar-refractivity contribution is 5.32. The average Bonchev–Trinajstić information content (AvgIpc) is 2.88. The summed E-state index contributed by atoms with van der Waals surface area (Å²) in [5.41, 5.74) is 1.35. The van der Waals surface area contributed by atoms with E-state index in [1.807, 2.05) is 23.0 Å². The molecule has 2 rings (SSSR count). The molecule has 0 spiro atoms. The van der Waals surface area contributed by atoms with Gasteiger partial charge >= 0.3 is 0 Å². The van der Waals surface area contributed by atoms with Gasteiger partial charge in [0.2, 0.25) is 0 Å². The molecule has 0 unspecified atom stereocenters. The number of nitrogens with zero attached hydrogens (tertiary/aromatic N) is 2. The van der Waals surface area contributed by atoms with Gasteiger partial charge in [-0.25, -0.2) is 0 Å². The average molecular weight is 243 g/mol. The molecule has 0 bridgehead atoms. The number of aromatic nitrogens is 2. The summed E-state index contributed by atoms with van der Waals surface area (Å²) < 4.78 is 2.02. The Morgan fingerprint density at radius 3 is 2.72 bits per heavy atom. The summed E-state index contributed by atoms with van der Waals surface area (Å²) in [5.74, 6) is 0.964. The molecule has 3 heteroatoms. The Balaban J connectivity index is 1.82. The standard InChI is InChI=1S/C15H21N3/c1-3-13(2)18-12-10-15(17-18)16-11-9-14-7-5-4-6-8-14/h4-8,10,12-13H,3,9,11H2,1-2H3,(H,16,17)/t13-/m1/s1. The first-order chi connectivity index (χ1) is 8.79. The predicted octanol–water partition coefficient (Wildman–Crippen LogP) is 3.51. The van der Waals surface area contributed by atoms with Crippen molar-refractivity contribution in [1.29, 1.82) is 0 Å². The van der Waals surface area contributed by atoms with E-state index in [2.05, 4.69) is 48.5 Å². The number of nitrogens with one attached hydrogen (secondary N) is 1. The molecule has 1 N–H and O–H groups in total. The van der Waals surface area contributed by atoms with Crippen molar-refractivity contribution in [2.75, 3.05) is 11.9 Å². The predicted molar refractivity (Wildman–Crippen MR) is 75.9 cm³/mol. The molecule has 3 nitrogen and oxygen atoms in total. The zero-order valence-electron chi connectivity index (χ0n) is 11.1. The van der Waals surface area contributed by atoms with Gasteiger partial charge in [0.25, 0.3) is 0 Å². The SMILES string of the molecule is CC[C@@H](C)n1ccc(NCCc2ccccc2)n1. The summed E-state index contributed by atoms with van der Waals surface area (Å²) in [6, 6.07) is 13.0. The van der Waals surface area contributed by atoms with Crippen LogP contribution in [0.1, 0.15) is 31.9 Å². The van der Waals surface area contributed by atoms with E-state index in [0.29, 0.717) is 6.04 Å². The summed E-state index contributed by atoms with van der Waals surface area (Å²) in [6.45, 7) is 5.27. The van der Waals surface area contributed by atoms with Crippen molar-refractivity contribution in [3.63, 3.8) is 0 Å². The van der Waals surface area contributed by atoms with Gasteiger partial charge in [-0.05, 0) is 25.3 Å². The topological polar surface area (TPSA) is 29.9 Å². The fraction of sp³-hybridized carbons (Fsp3) is 0.400. The maximum absolute atomic E-state index is 4.52. The van der Waals surface area contributed by atoms with E-state index in [1.54, 1.807) is 0 Å². The van der Waals surface area contributed by atoms with Crippen LogP contribution in [0.15, 0.2) is 42.6 Å². The Labute approximate surface area is 109 Å². The molecule has 0 amide bonds.